The number of hydrogen-bond acceptors (Lipinski definition) is 3. The molecule has 0 saturated heterocycles. The number of hydrazine groups is 1. The average Bonchev–Trinajstić information content (AvgIpc) is 2.04. The van der Waals surface area contributed by atoms with Gasteiger partial charge in [0.1, 0.15) is 0 Å². The molecule has 0 aliphatic carbocycles. The lowest BCUT2D eigenvalue weighted by atomic mass is 10.2. The number of rotatable bonds is 2. The molecule has 0 atom stereocenters. The Hall–Kier alpha value is -0.980. The molecule has 0 spiro atoms. The van der Waals surface area contributed by atoms with E-state index in [0.717, 1.165) is 5.56 Å². The van der Waals surface area contributed by atoms with Crippen LogP contribution in [0.15, 0.2) is 29.2 Å². The number of hydrogen-bond donors (Lipinski definition) is 1. The first-order chi connectivity index (χ1) is 5.94. The monoisotopic (exact) mass is 204 g/mol. The molecular weight excluding hydrogens is 195 g/mol. The number of sulfonamides is 1. The molecule has 4 nitrogen and oxygen atoms in total. The van der Waals surface area contributed by atoms with E-state index >= 15 is 0 Å². The summed E-state index contributed by atoms with van der Waals surface area (Å²) >= 11 is 0. The summed E-state index contributed by atoms with van der Waals surface area (Å²) < 4.78 is 33.6. The van der Waals surface area contributed by atoms with E-state index in [-0.39, 0.29) is 4.90 Å². The second kappa shape index (κ2) is 3.41. The van der Waals surface area contributed by atoms with Crippen molar-refractivity contribution in [2.45, 2.75) is 11.8 Å². The molecule has 0 fully saturated rings. The molecule has 6 heteroatoms. The fraction of sp³-hybridized carbons (Fsp3) is 0.143. The van der Waals surface area contributed by atoms with Crippen LogP contribution in [0.2, 0.25) is 0 Å². The van der Waals surface area contributed by atoms with Gasteiger partial charge in [-0.3, -0.25) is 0 Å². The minimum Gasteiger partial charge on any atom is -0.226 e. The molecule has 0 aliphatic heterocycles. The fourth-order valence-electron chi connectivity index (χ4n) is 0.811. The molecule has 1 aromatic carbocycles. The summed E-state index contributed by atoms with van der Waals surface area (Å²) in [4.78, 5) is -0.164. The Morgan fingerprint density at radius 2 is 1.77 bits per heavy atom. The zero-order valence-corrected chi connectivity index (χ0v) is 7.75. The SMILES string of the molecule is Cc1ccc(S(=O)(=O)N(N)F)cc1. The van der Waals surface area contributed by atoms with Gasteiger partial charge in [-0.2, -0.15) is 0 Å². The smallest absolute Gasteiger partial charge is 0.226 e. The third-order valence-corrected chi connectivity index (χ3v) is 2.88. The van der Waals surface area contributed by atoms with Crippen molar-refractivity contribution in [3.05, 3.63) is 29.8 Å². The van der Waals surface area contributed by atoms with Crippen molar-refractivity contribution in [1.29, 1.82) is 0 Å². The van der Waals surface area contributed by atoms with Crippen LogP contribution in [0.4, 0.5) is 4.48 Å². The molecule has 0 heterocycles. The van der Waals surface area contributed by atoms with Gasteiger partial charge < -0.3 is 0 Å². The van der Waals surface area contributed by atoms with E-state index in [1.54, 1.807) is 19.1 Å². The first kappa shape index (κ1) is 10.1. The highest BCUT2D eigenvalue weighted by molar-refractivity contribution is 7.88. The van der Waals surface area contributed by atoms with Crippen LogP contribution in [0.1, 0.15) is 5.56 Å². The average molecular weight is 204 g/mol. The fourth-order valence-corrected chi connectivity index (χ4v) is 1.49. The highest BCUT2D eigenvalue weighted by Gasteiger charge is 2.20. The largest absolute Gasteiger partial charge is 0.282 e. The van der Waals surface area contributed by atoms with Gasteiger partial charge in [0.25, 0.3) is 10.0 Å². The number of halogens is 1. The Morgan fingerprint density at radius 1 is 1.31 bits per heavy atom. The Balaban J connectivity index is 3.17. The third kappa shape index (κ3) is 2.03. The van der Waals surface area contributed by atoms with Crippen molar-refractivity contribution >= 4 is 10.0 Å². The van der Waals surface area contributed by atoms with E-state index in [0.29, 0.717) is 0 Å². The molecule has 72 valence electrons. The van der Waals surface area contributed by atoms with Crippen molar-refractivity contribution in [2.75, 3.05) is 0 Å². The molecule has 1 rings (SSSR count). The van der Waals surface area contributed by atoms with Crippen LogP contribution in [0.3, 0.4) is 0 Å². The van der Waals surface area contributed by atoms with Gasteiger partial charge in [-0.1, -0.05) is 17.7 Å². The van der Waals surface area contributed by atoms with Crippen molar-refractivity contribution in [3.63, 3.8) is 0 Å². The van der Waals surface area contributed by atoms with E-state index in [2.05, 4.69) is 5.84 Å². The van der Waals surface area contributed by atoms with Gasteiger partial charge in [0.2, 0.25) is 0 Å². The van der Waals surface area contributed by atoms with Crippen molar-refractivity contribution in [1.82, 2.24) is 4.64 Å². The van der Waals surface area contributed by atoms with Gasteiger partial charge in [0, 0.05) is 4.64 Å². The molecule has 0 amide bonds. The standard InChI is InChI=1S/C7H9FN2O2S/c1-6-2-4-7(5-3-6)13(11,12)10(8)9/h2-5H,9H2,1H3. The summed E-state index contributed by atoms with van der Waals surface area (Å²) in [6, 6.07) is 5.72. The van der Waals surface area contributed by atoms with Crippen LogP contribution in [-0.4, -0.2) is 13.1 Å². The first-order valence-corrected chi connectivity index (χ1v) is 4.91. The van der Waals surface area contributed by atoms with Crippen molar-refractivity contribution in [2.24, 2.45) is 5.84 Å². The zero-order chi connectivity index (χ0) is 10.1. The summed E-state index contributed by atoms with van der Waals surface area (Å²) in [6.45, 7) is 1.80. The second-order valence-electron chi connectivity index (χ2n) is 2.56. The van der Waals surface area contributed by atoms with E-state index in [4.69, 9.17) is 0 Å². The van der Waals surface area contributed by atoms with Crippen molar-refractivity contribution < 1.29 is 12.9 Å². The highest BCUT2D eigenvalue weighted by Crippen LogP contribution is 2.13. The quantitative estimate of drug-likeness (QED) is 0.439. The lowest BCUT2D eigenvalue weighted by Gasteiger charge is -2.06. The Kier molecular flexibility index (Phi) is 2.65. The lowest BCUT2D eigenvalue weighted by molar-refractivity contribution is 0.141. The van der Waals surface area contributed by atoms with Crippen LogP contribution in [0, 0.1) is 6.92 Å². The molecule has 2 N–H and O–H groups in total. The molecule has 13 heavy (non-hydrogen) atoms. The highest BCUT2D eigenvalue weighted by atomic mass is 32.2. The maximum Gasteiger partial charge on any atom is 0.282 e. The lowest BCUT2D eigenvalue weighted by Crippen LogP contribution is -2.29. The minimum atomic E-state index is -4.15. The molecule has 0 saturated carbocycles. The summed E-state index contributed by atoms with van der Waals surface area (Å²) in [5, 5.41) is 0. The summed E-state index contributed by atoms with van der Waals surface area (Å²) in [5.74, 6) is 4.52. The predicted octanol–water partition coefficient (Wildman–Crippen LogP) is 0.744. The topological polar surface area (TPSA) is 63.4 Å². The Bertz CT molecular complexity index is 385. The maximum atomic E-state index is 12.3. The molecule has 0 unspecified atom stereocenters. The summed E-state index contributed by atoms with van der Waals surface area (Å²) in [6.07, 6.45) is 0. The van der Waals surface area contributed by atoms with Gasteiger partial charge >= 0.3 is 0 Å². The van der Waals surface area contributed by atoms with Gasteiger partial charge in [-0.15, -0.1) is 4.48 Å². The van der Waals surface area contributed by atoms with Crippen LogP contribution in [-0.2, 0) is 10.0 Å². The zero-order valence-electron chi connectivity index (χ0n) is 6.94. The number of benzene rings is 1. The number of nitrogens with zero attached hydrogens (tertiary/aromatic N) is 1. The van der Waals surface area contributed by atoms with E-state index in [1.165, 1.54) is 12.1 Å². The first-order valence-electron chi connectivity index (χ1n) is 3.47. The van der Waals surface area contributed by atoms with Crippen molar-refractivity contribution in [3.8, 4) is 0 Å². The number of nitrogens with two attached hydrogens (primary N) is 1. The molecule has 0 aliphatic rings. The third-order valence-electron chi connectivity index (χ3n) is 1.55. The van der Waals surface area contributed by atoms with E-state index in [1.807, 2.05) is 0 Å². The molecule has 0 aromatic heterocycles. The molecule has 0 bridgehead atoms. The van der Waals surface area contributed by atoms with Crippen LogP contribution < -0.4 is 5.84 Å². The Labute approximate surface area is 75.7 Å². The van der Waals surface area contributed by atoms with Gasteiger partial charge in [-0.25, -0.2) is 14.3 Å². The number of aryl methyl sites for hydroxylation is 1. The summed E-state index contributed by atoms with van der Waals surface area (Å²) in [5.41, 5.74) is 0.890. The maximum absolute atomic E-state index is 12.3. The van der Waals surface area contributed by atoms with Crippen LogP contribution in [0.5, 0.6) is 0 Å². The van der Waals surface area contributed by atoms with Crippen LogP contribution >= 0.6 is 0 Å². The normalized spacial score (nSPS) is 12.0. The molecule has 0 radical (unpaired) electrons. The predicted molar refractivity (Wildman–Crippen MR) is 45.5 cm³/mol. The molecular formula is C7H9FN2O2S. The van der Waals surface area contributed by atoms with Gasteiger partial charge in [-0.05, 0) is 19.1 Å². The second-order valence-corrected chi connectivity index (χ2v) is 4.33. The van der Waals surface area contributed by atoms with E-state index in [9.17, 15) is 12.9 Å². The Morgan fingerprint density at radius 3 is 2.15 bits per heavy atom. The van der Waals surface area contributed by atoms with Gasteiger partial charge in [0.05, 0.1) is 4.90 Å². The van der Waals surface area contributed by atoms with E-state index < -0.39 is 14.7 Å². The summed E-state index contributed by atoms with van der Waals surface area (Å²) in [7, 11) is -4.15. The van der Waals surface area contributed by atoms with Crippen LogP contribution in [0.25, 0.3) is 0 Å². The minimum absolute atomic E-state index is 0.164. The molecule has 1 aromatic rings. The van der Waals surface area contributed by atoms with Gasteiger partial charge in [0.15, 0.2) is 0 Å².